The van der Waals surface area contributed by atoms with Crippen LogP contribution in [0.1, 0.15) is 11.3 Å². The number of nitrogens with zero attached hydrogens (tertiary/aromatic N) is 3. The molecular formula is C16H15FN4OS. The molecule has 23 heavy (non-hydrogen) atoms. The van der Waals surface area contributed by atoms with Gasteiger partial charge in [-0.15, -0.1) is 0 Å². The zero-order valence-electron chi connectivity index (χ0n) is 12.9. The van der Waals surface area contributed by atoms with E-state index in [0.29, 0.717) is 16.7 Å². The maximum atomic E-state index is 13.3. The van der Waals surface area contributed by atoms with E-state index in [1.807, 2.05) is 13.0 Å². The van der Waals surface area contributed by atoms with Crippen LogP contribution in [0.2, 0.25) is 0 Å². The second-order valence-corrected chi connectivity index (χ2v) is 5.91. The van der Waals surface area contributed by atoms with Gasteiger partial charge in [-0.2, -0.15) is 0 Å². The molecule has 0 radical (unpaired) electrons. The van der Waals surface area contributed by atoms with E-state index in [9.17, 15) is 4.39 Å². The lowest BCUT2D eigenvalue weighted by Crippen LogP contribution is -1.98. The van der Waals surface area contributed by atoms with Crippen molar-refractivity contribution in [2.75, 3.05) is 12.4 Å². The quantitative estimate of drug-likeness (QED) is 0.780. The molecule has 0 amide bonds. The van der Waals surface area contributed by atoms with Crippen LogP contribution in [0.4, 0.5) is 16.0 Å². The average molecular weight is 330 g/mol. The van der Waals surface area contributed by atoms with Gasteiger partial charge in [0, 0.05) is 11.9 Å². The predicted octanol–water partition coefficient (Wildman–Crippen LogP) is 4.11. The van der Waals surface area contributed by atoms with Crippen molar-refractivity contribution in [3.05, 3.63) is 47.5 Å². The fraction of sp³-hybridized carbons (Fsp3) is 0.188. The summed E-state index contributed by atoms with van der Waals surface area (Å²) in [6.07, 6.45) is 1.67. The summed E-state index contributed by atoms with van der Waals surface area (Å²) in [5.74, 6) is 0.206. The third-order valence-electron chi connectivity index (χ3n) is 3.25. The summed E-state index contributed by atoms with van der Waals surface area (Å²) >= 11 is 1.43. The maximum Gasteiger partial charge on any atom is 0.273 e. The molecule has 0 saturated heterocycles. The molecule has 0 saturated carbocycles. The molecule has 0 spiro atoms. The first-order valence-corrected chi connectivity index (χ1v) is 7.76. The lowest BCUT2D eigenvalue weighted by atomic mass is 10.2. The zero-order chi connectivity index (χ0) is 16.4. The molecule has 3 aromatic rings. The van der Waals surface area contributed by atoms with Crippen molar-refractivity contribution in [2.45, 2.75) is 13.8 Å². The summed E-state index contributed by atoms with van der Waals surface area (Å²) in [7, 11) is 1.59. The van der Waals surface area contributed by atoms with Crippen molar-refractivity contribution in [2.24, 2.45) is 0 Å². The van der Waals surface area contributed by atoms with E-state index in [4.69, 9.17) is 4.74 Å². The van der Waals surface area contributed by atoms with Gasteiger partial charge in [0.05, 0.1) is 23.4 Å². The Kier molecular flexibility index (Phi) is 4.20. The molecule has 2 aromatic heterocycles. The predicted molar refractivity (Wildman–Crippen MR) is 88.8 cm³/mol. The Balaban J connectivity index is 1.90. The molecule has 5 nitrogen and oxygen atoms in total. The van der Waals surface area contributed by atoms with Gasteiger partial charge >= 0.3 is 0 Å². The van der Waals surface area contributed by atoms with Crippen LogP contribution >= 0.6 is 11.3 Å². The van der Waals surface area contributed by atoms with Gasteiger partial charge in [0.15, 0.2) is 0 Å². The number of hydrogen-bond acceptors (Lipinski definition) is 6. The number of aryl methyl sites for hydroxylation is 2. The molecule has 0 fully saturated rings. The van der Waals surface area contributed by atoms with Gasteiger partial charge in [-0.05, 0) is 43.7 Å². The van der Waals surface area contributed by atoms with Gasteiger partial charge in [-0.3, -0.25) is 0 Å². The number of thiazole rings is 1. The van der Waals surface area contributed by atoms with Crippen molar-refractivity contribution in [3.8, 4) is 15.8 Å². The normalized spacial score (nSPS) is 10.6. The number of methoxy groups -OCH3 is 1. The highest BCUT2D eigenvalue weighted by Crippen LogP contribution is 2.33. The first kappa shape index (κ1) is 15.4. The van der Waals surface area contributed by atoms with E-state index in [1.165, 1.54) is 17.4 Å². The van der Waals surface area contributed by atoms with E-state index in [-0.39, 0.29) is 5.82 Å². The Labute approximate surface area is 137 Å². The lowest BCUT2D eigenvalue weighted by molar-refractivity contribution is 0.411. The van der Waals surface area contributed by atoms with Crippen molar-refractivity contribution >= 4 is 23.0 Å². The maximum absolute atomic E-state index is 13.3. The molecule has 0 aliphatic rings. The van der Waals surface area contributed by atoms with Crippen LogP contribution in [0.5, 0.6) is 5.19 Å². The van der Waals surface area contributed by atoms with Crippen LogP contribution in [0.3, 0.4) is 0 Å². The van der Waals surface area contributed by atoms with Crippen molar-refractivity contribution in [1.29, 1.82) is 0 Å². The van der Waals surface area contributed by atoms with Gasteiger partial charge in [-0.1, -0.05) is 11.3 Å². The summed E-state index contributed by atoms with van der Waals surface area (Å²) in [5, 5.41) is 3.68. The molecule has 7 heteroatoms. The minimum atomic E-state index is -0.238. The second kappa shape index (κ2) is 6.29. The number of halogens is 1. The van der Waals surface area contributed by atoms with Crippen LogP contribution in [-0.2, 0) is 0 Å². The Hall–Kier alpha value is -2.54. The zero-order valence-corrected chi connectivity index (χ0v) is 13.7. The summed E-state index contributed by atoms with van der Waals surface area (Å²) in [6, 6.07) is 6.60. The van der Waals surface area contributed by atoms with Gasteiger partial charge in [-0.25, -0.2) is 19.3 Å². The molecule has 0 atom stereocenters. The van der Waals surface area contributed by atoms with Crippen LogP contribution < -0.4 is 10.1 Å². The Morgan fingerprint density at radius 1 is 1.17 bits per heavy atom. The van der Waals surface area contributed by atoms with E-state index in [1.54, 1.807) is 32.4 Å². The number of hydrogen-bond donors (Lipinski definition) is 1. The first-order valence-electron chi connectivity index (χ1n) is 6.95. The number of anilines is 2. The molecule has 0 unspecified atom stereocenters. The van der Waals surface area contributed by atoms with E-state index in [0.717, 1.165) is 22.0 Å². The monoisotopic (exact) mass is 330 g/mol. The fourth-order valence-corrected chi connectivity index (χ4v) is 2.95. The van der Waals surface area contributed by atoms with Gasteiger partial charge < -0.3 is 10.1 Å². The molecule has 2 heterocycles. The van der Waals surface area contributed by atoms with Crippen LogP contribution in [0, 0.1) is 19.7 Å². The van der Waals surface area contributed by atoms with Crippen molar-refractivity contribution < 1.29 is 9.13 Å². The molecule has 1 N–H and O–H groups in total. The number of ether oxygens (including phenoxy) is 1. The van der Waals surface area contributed by atoms with E-state index >= 15 is 0 Å². The average Bonchev–Trinajstić information content (AvgIpc) is 2.92. The summed E-state index contributed by atoms with van der Waals surface area (Å²) in [6.45, 7) is 3.62. The molecule has 0 aliphatic carbocycles. The third-order valence-corrected chi connectivity index (χ3v) is 4.40. The largest absolute Gasteiger partial charge is 0.473 e. The molecular weight excluding hydrogens is 315 g/mol. The Bertz CT molecular complexity index is 850. The molecule has 1 aromatic carbocycles. The Morgan fingerprint density at radius 3 is 2.70 bits per heavy atom. The summed E-state index contributed by atoms with van der Waals surface area (Å²) in [5.41, 5.74) is 2.92. The Morgan fingerprint density at radius 2 is 2.00 bits per heavy atom. The third kappa shape index (κ3) is 3.29. The molecule has 0 aliphatic heterocycles. The van der Waals surface area contributed by atoms with Gasteiger partial charge in [0.2, 0.25) is 5.95 Å². The van der Waals surface area contributed by atoms with Gasteiger partial charge in [0.25, 0.3) is 5.19 Å². The minimum absolute atomic E-state index is 0.238. The second-order valence-electron chi connectivity index (χ2n) is 4.95. The molecule has 118 valence electrons. The summed E-state index contributed by atoms with van der Waals surface area (Å²) < 4.78 is 18.5. The topological polar surface area (TPSA) is 59.9 Å². The molecule has 3 rings (SSSR count). The van der Waals surface area contributed by atoms with Gasteiger partial charge in [0.1, 0.15) is 5.82 Å². The SMILES string of the molecule is COc1nc(C)c(-c2ccnc(Nc3ccc(F)c(C)c3)n2)s1. The standard InChI is InChI=1S/C16H15FN4OS/c1-9-8-11(4-5-12(9)17)20-15-18-7-6-13(21-15)14-10(2)19-16(22-3)23-14/h4-8H,1-3H3,(H,18,20,21). The van der Waals surface area contributed by atoms with Crippen molar-refractivity contribution in [3.63, 3.8) is 0 Å². The number of benzene rings is 1. The summed E-state index contributed by atoms with van der Waals surface area (Å²) in [4.78, 5) is 14.0. The highest BCUT2D eigenvalue weighted by molar-refractivity contribution is 7.17. The molecule has 0 bridgehead atoms. The minimum Gasteiger partial charge on any atom is -0.473 e. The van der Waals surface area contributed by atoms with E-state index < -0.39 is 0 Å². The fourth-order valence-electron chi connectivity index (χ4n) is 2.09. The van der Waals surface area contributed by atoms with Crippen LogP contribution in [0.15, 0.2) is 30.5 Å². The van der Waals surface area contributed by atoms with Crippen molar-refractivity contribution in [1.82, 2.24) is 15.0 Å². The number of nitrogens with one attached hydrogen (secondary N) is 1. The highest BCUT2D eigenvalue weighted by Gasteiger charge is 2.12. The first-order chi connectivity index (χ1) is 11.1. The van der Waals surface area contributed by atoms with E-state index in [2.05, 4.69) is 20.3 Å². The number of rotatable bonds is 4. The smallest absolute Gasteiger partial charge is 0.273 e. The van der Waals surface area contributed by atoms with Crippen LogP contribution in [-0.4, -0.2) is 22.1 Å². The van der Waals surface area contributed by atoms with Crippen LogP contribution in [0.25, 0.3) is 10.6 Å². The highest BCUT2D eigenvalue weighted by atomic mass is 32.1. The lowest BCUT2D eigenvalue weighted by Gasteiger charge is -2.07. The number of aromatic nitrogens is 3.